The molecular formula is C10H17N3O3S. The molecule has 1 aliphatic rings. The van der Waals surface area contributed by atoms with E-state index < -0.39 is 16.1 Å². The van der Waals surface area contributed by atoms with Gasteiger partial charge in [0.2, 0.25) is 0 Å². The largest absolute Gasteiger partial charge is 0.391 e. The van der Waals surface area contributed by atoms with Gasteiger partial charge in [0.05, 0.1) is 12.3 Å². The quantitative estimate of drug-likeness (QED) is 0.671. The maximum Gasteiger partial charge on any atom is 0.257 e. The molecule has 0 amide bonds. The number of hydrogen-bond donors (Lipinski definition) is 3. The first-order chi connectivity index (χ1) is 8.03. The SMILES string of the molecule is CCc1ncc(S(=O)(=O)NCC(O)C2CC2)[nH]1. The second kappa shape index (κ2) is 4.75. The Morgan fingerprint density at radius 2 is 2.35 bits per heavy atom. The highest BCUT2D eigenvalue weighted by Gasteiger charge is 2.30. The van der Waals surface area contributed by atoms with Crippen molar-refractivity contribution in [3.63, 3.8) is 0 Å². The molecule has 1 atom stereocenters. The Hall–Kier alpha value is -0.920. The molecule has 0 radical (unpaired) electrons. The molecular weight excluding hydrogens is 242 g/mol. The molecule has 1 aliphatic carbocycles. The van der Waals surface area contributed by atoms with Crippen molar-refractivity contribution in [3.8, 4) is 0 Å². The molecule has 1 fully saturated rings. The van der Waals surface area contributed by atoms with Gasteiger partial charge in [0.25, 0.3) is 10.0 Å². The highest BCUT2D eigenvalue weighted by Crippen LogP contribution is 2.32. The molecule has 0 bridgehead atoms. The van der Waals surface area contributed by atoms with Gasteiger partial charge in [-0.3, -0.25) is 0 Å². The molecule has 1 aromatic rings. The lowest BCUT2D eigenvalue weighted by atomic mass is 10.2. The van der Waals surface area contributed by atoms with E-state index in [1.165, 1.54) is 6.20 Å². The molecule has 6 nitrogen and oxygen atoms in total. The third kappa shape index (κ3) is 3.05. The fraction of sp³-hybridized carbons (Fsp3) is 0.700. The highest BCUT2D eigenvalue weighted by atomic mass is 32.2. The number of aliphatic hydroxyl groups excluding tert-OH is 1. The Bertz CT molecular complexity index is 479. The number of sulfonamides is 1. The van der Waals surface area contributed by atoms with E-state index in [0.717, 1.165) is 12.8 Å². The minimum Gasteiger partial charge on any atom is -0.391 e. The molecule has 7 heteroatoms. The smallest absolute Gasteiger partial charge is 0.257 e. The lowest BCUT2D eigenvalue weighted by Crippen LogP contribution is -2.33. The minimum atomic E-state index is -3.58. The van der Waals surface area contributed by atoms with Crippen LogP contribution in [0.2, 0.25) is 0 Å². The summed E-state index contributed by atoms with van der Waals surface area (Å²) in [6.45, 7) is 1.95. The van der Waals surface area contributed by atoms with Crippen LogP contribution in [-0.2, 0) is 16.4 Å². The summed E-state index contributed by atoms with van der Waals surface area (Å²) in [7, 11) is -3.58. The van der Waals surface area contributed by atoms with Gasteiger partial charge in [-0.2, -0.15) is 0 Å². The standard InChI is InChI=1S/C10H17N3O3S/c1-2-9-11-6-10(13-9)17(15,16)12-5-8(14)7-3-4-7/h6-8,12,14H,2-5H2,1H3,(H,11,13). The summed E-state index contributed by atoms with van der Waals surface area (Å²) in [4.78, 5) is 6.67. The molecule has 0 spiro atoms. The Kier molecular flexibility index (Phi) is 3.50. The van der Waals surface area contributed by atoms with E-state index in [1.54, 1.807) is 0 Å². The van der Waals surface area contributed by atoms with Gasteiger partial charge in [-0.1, -0.05) is 6.92 Å². The Morgan fingerprint density at radius 1 is 1.65 bits per heavy atom. The summed E-state index contributed by atoms with van der Waals surface area (Å²) >= 11 is 0. The minimum absolute atomic E-state index is 0.0531. The fourth-order valence-electron chi connectivity index (χ4n) is 1.58. The number of nitrogens with zero attached hydrogens (tertiary/aromatic N) is 1. The Balaban J connectivity index is 1.97. The van der Waals surface area contributed by atoms with Crippen LogP contribution in [0.3, 0.4) is 0 Å². The van der Waals surface area contributed by atoms with Crippen LogP contribution in [0.25, 0.3) is 0 Å². The average Bonchev–Trinajstić information content (AvgIpc) is 3.03. The molecule has 0 aliphatic heterocycles. The third-order valence-corrected chi connectivity index (χ3v) is 4.21. The monoisotopic (exact) mass is 259 g/mol. The van der Waals surface area contributed by atoms with Crippen molar-refractivity contribution in [3.05, 3.63) is 12.0 Å². The van der Waals surface area contributed by atoms with Crippen LogP contribution in [-0.4, -0.2) is 36.1 Å². The van der Waals surface area contributed by atoms with Gasteiger partial charge in [-0.15, -0.1) is 0 Å². The van der Waals surface area contributed by atoms with E-state index in [-0.39, 0.29) is 17.5 Å². The number of imidazole rings is 1. The summed E-state index contributed by atoms with van der Waals surface area (Å²) in [6, 6.07) is 0. The zero-order chi connectivity index (χ0) is 12.5. The normalized spacial score (nSPS) is 18.2. The first-order valence-corrected chi connectivity index (χ1v) is 7.23. The predicted octanol–water partition coefficient (Wildman–Crippen LogP) is 0.0213. The van der Waals surface area contributed by atoms with Crippen molar-refractivity contribution in [2.24, 2.45) is 5.92 Å². The maximum atomic E-state index is 11.8. The second-order valence-corrected chi connectivity index (χ2v) is 6.04. The molecule has 1 unspecified atom stereocenters. The van der Waals surface area contributed by atoms with Gasteiger partial charge in [0.15, 0.2) is 5.03 Å². The van der Waals surface area contributed by atoms with Crippen LogP contribution in [0, 0.1) is 5.92 Å². The molecule has 3 N–H and O–H groups in total. The lowest BCUT2D eigenvalue weighted by molar-refractivity contribution is 0.155. The van der Waals surface area contributed by atoms with Crippen LogP contribution in [0.4, 0.5) is 0 Å². The van der Waals surface area contributed by atoms with Gasteiger partial charge >= 0.3 is 0 Å². The van der Waals surface area contributed by atoms with Crippen molar-refractivity contribution < 1.29 is 13.5 Å². The van der Waals surface area contributed by atoms with Gasteiger partial charge in [0, 0.05) is 13.0 Å². The second-order valence-electron chi connectivity index (χ2n) is 4.30. The van der Waals surface area contributed by atoms with Gasteiger partial charge in [-0.25, -0.2) is 18.1 Å². The first-order valence-electron chi connectivity index (χ1n) is 5.74. The average molecular weight is 259 g/mol. The number of aryl methyl sites for hydroxylation is 1. The zero-order valence-corrected chi connectivity index (χ0v) is 10.5. The number of aromatic nitrogens is 2. The van der Waals surface area contributed by atoms with E-state index in [9.17, 15) is 13.5 Å². The Morgan fingerprint density at radius 3 is 2.88 bits per heavy atom. The lowest BCUT2D eigenvalue weighted by Gasteiger charge is -2.09. The predicted molar refractivity (Wildman–Crippen MR) is 61.9 cm³/mol. The summed E-state index contributed by atoms with van der Waals surface area (Å²) in [5, 5.41) is 9.65. The van der Waals surface area contributed by atoms with E-state index in [2.05, 4.69) is 14.7 Å². The van der Waals surface area contributed by atoms with Gasteiger partial charge in [0.1, 0.15) is 5.82 Å². The number of rotatable bonds is 6. The van der Waals surface area contributed by atoms with Crippen LogP contribution in [0.1, 0.15) is 25.6 Å². The molecule has 0 saturated heterocycles. The van der Waals surface area contributed by atoms with Crippen LogP contribution in [0.5, 0.6) is 0 Å². The van der Waals surface area contributed by atoms with Crippen molar-refractivity contribution in [2.45, 2.75) is 37.3 Å². The van der Waals surface area contributed by atoms with E-state index in [4.69, 9.17) is 0 Å². The van der Waals surface area contributed by atoms with E-state index >= 15 is 0 Å². The van der Waals surface area contributed by atoms with Crippen LogP contribution >= 0.6 is 0 Å². The van der Waals surface area contributed by atoms with Crippen LogP contribution < -0.4 is 4.72 Å². The number of aromatic amines is 1. The summed E-state index contributed by atoms with van der Waals surface area (Å²) < 4.78 is 26.0. The van der Waals surface area contributed by atoms with Crippen molar-refractivity contribution in [1.29, 1.82) is 0 Å². The molecule has 1 heterocycles. The highest BCUT2D eigenvalue weighted by molar-refractivity contribution is 7.89. The molecule has 2 rings (SSSR count). The number of H-pyrrole nitrogens is 1. The molecule has 0 aromatic carbocycles. The summed E-state index contributed by atoms with van der Waals surface area (Å²) in [5.41, 5.74) is 0. The first kappa shape index (κ1) is 12.5. The number of aliphatic hydroxyl groups is 1. The third-order valence-electron chi connectivity index (χ3n) is 2.88. The number of hydrogen-bond acceptors (Lipinski definition) is 4. The van der Waals surface area contributed by atoms with Gasteiger partial charge in [-0.05, 0) is 18.8 Å². The fourth-order valence-corrected chi connectivity index (χ4v) is 2.57. The Labute approximate surface area is 101 Å². The molecule has 1 saturated carbocycles. The van der Waals surface area contributed by atoms with Crippen molar-refractivity contribution in [1.82, 2.24) is 14.7 Å². The topological polar surface area (TPSA) is 95.1 Å². The van der Waals surface area contributed by atoms with Gasteiger partial charge < -0.3 is 10.1 Å². The molecule has 1 aromatic heterocycles. The van der Waals surface area contributed by atoms with E-state index in [1.807, 2.05) is 6.92 Å². The van der Waals surface area contributed by atoms with Crippen LogP contribution in [0.15, 0.2) is 11.2 Å². The van der Waals surface area contributed by atoms with E-state index in [0.29, 0.717) is 12.2 Å². The zero-order valence-electron chi connectivity index (χ0n) is 9.68. The maximum absolute atomic E-state index is 11.8. The molecule has 96 valence electrons. The summed E-state index contributed by atoms with van der Waals surface area (Å²) in [6.07, 6.45) is 3.32. The number of nitrogens with one attached hydrogen (secondary N) is 2. The van der Waals surface area contributed by atoms with Crippen molar-refractivity contribution >= 4 is 10.0 Å². The summed E-state index contributed by atoms with van der Waals surface area (Å²) in [5.74, 6) is 0.888. The van der Waals surface area contributed by atoms with Crippen molar-refractivity contribution in [2.75, 3.05) is 6.54 Å². The molecule has 17 heavy (non-hydrogen) atoms.